The summed E-state index contributed by atoms with van der Waals surface area (Å²) >= 11 is 2.35. The third kappa shape index (κ3) is 5.37. The van der Waals surface area contributed by atoms with Crippen LogP contribution in [0.15, 0.2) is 51.6 Å². The number of nitrogens with one attached hydrogen (secondary N) is 1. The number of carbonyl (C=O) groups is 3. The first kappa shape index (κ1) is 23.7. The second-order valence-corrected chi connectivity index (χ2v) is 11.5. The molecule has 33 heavy (non-hydrogen) atoms. The first-order chi connectivity index (χ1) is 15.9. The van der Waals surface area contributed by atoms with Crippen molar-refractivity contribution in [2.45, 2.75) is 24.2 Å². The molecule has 0 spiro atoms. The van der Waals surface area contributed by atoms with Crippen LogP contribution in [0.2, 0.25) is 0 Å². The van der Waals surface area contributed by atoms with Gasteiger partial charge in [0.25, 0.3) is 17.1 Å². The molecule has 1 aromatic heterocycles. The maximum atomic E-state index is 12.9. The Morgan fingerprint density at radius 2 is 1.88 bits per heavy atom. The van der Waals surface area contributed by atoms with Gasteiger partial charge in [-0.05, 0) is 60.3 Å². The number of rotatable bonds is 7. The fourth-order valence-electron chi connectivity index (χ4n) is 3.63. The number of hydrogen-bond donors (Lipinski definition) is 1. The van der Waals surface area contributed by atoms with Gasteiger partial charge in [-0.15, -0.1) is 11.3 Å². The minimum absolute atomic E-state index is 0.0317. The lowest BCUT2D eigenvalue weighted by atomic mass is 10.2. The fraction of sp³-hybridized carbons (Fsp3) is 0.318. The lowest BCUT2D eigenvalue weighted by Gasteiger charge is -2.26. The van der Waals surface area contributed by atoms with Crippen LogP contribution in [-0.4, -0.2) is 60.9 Å². The smallest absolute Gasteiger partial charge is 0.293 e. The monoisotopic (exact) mass is 505 g/mol. The number of piperidine rings is 1. The molecule has 0 radical (unpaired) electrons. The highest BCUT2D eigenvalue weighted by atomic mass is 32.2. The molecule has 2 aromatic rings. The summed E-state index contributed by atoms with van der Waals surface area (Å²) in [5.41, 5.74) is 0.208. The summed E-state index contributed by atoms with van der Waals surface area (Å²) in [5, 5.41) is 4.17. The minimum Gasteiger partial charge on any atom is -0.350 e. The predicted molar refractivity (Wildman–Crippen MR) is 128 cm³/mol. The summed E-state index contributed by atoms with van der Waals surface area (Å²) in [6.45, 7) is 1.06. The topological polar surface area (TPSA) is 104 Å². The number of sulfonamides is 1. The van der Waals surface area contributed by atoms with E-state index in [0.29, 0.717) is 18.0 Å². The highest BCUT2D eigenvalue weighted by molar-refractivity contribution is 8.18. The first-order valence-corrected chi connectivity index (χ1v) is 13.7. The molecule has 2 aliphatic rings. The highest BCUT2D eigenvalue weighted by Crippen LogP contribution is 2.32. The molecule has 3 amide bonds. The van der Waals surface area contributed by atoms with Gasteiger partial charge in [0.05, 0.1) is 9.80 Å². The quantitative estimate of drug-likeness (QED) is 0.579. The maximum Gasteiger partial charge on any atom is 0.293 e. The zero-order chi connectivity index (χ0) is 23.4. The van der Waals surface area contributed by atoms with Gasteiger partial charge >= 0.3 is 0 Å². The van der Waals surface area contributed by atoms with E-state index >= 15 is 0 Å². The standard InChI is InChI=1S/C22H23N3O5S3/c26-20(16-6-4-8-18(14-16)33(29,30)24-10-2-1-3-11-24)23-9-12-25-21(27)19(32-22(25)28)15-17-7-5-13-31-17/h4-8,13-15H,1-3,9-12H2,(H,23,26). The molecule has 4 rings (SSSR count). The molecule has 2 aliphatic heterocycles. The van der Waals surface area contributed by atoms with Gasteiger partial charge in [-0.3, -0.25) is 19.3 Å². The van der Waals surface area contributed by atoms with Gasteiger partial charge in [0.15, 0.2) is 0 Å². The zero-order valence-electron chi connectivity index (χ0n) is 17.7. The summed E-state index contributed by atoms with van der Waals surface area (Å²) < 4.78 is 27.2. The van der Waals surface area contributed by atoms with Crippen LogP contribution in [0.5, 0.6) is 0 Å². The van der Waals surface area contributed by atoms with E-state index in [1.807, 2.05) is 17.5 Å². The van der Waals surface area contributed by atoms with Crippen molar-refractivity contribution in [3.8, 4) is 0 Å². The molecule has 2 fully saturated rings. The van der Waals surface area contributed by atoms with Gasteiger partial charge in [-0.25, -0.2) is 8.42 Å². The molecule has 174 valence electrons. The number of thioether (sulfide) groups is 1. The molecule has 1 N–H and O–H groups in total. The molecule has 1 aromatic carbocycles. The Hall–Kier alpha value is -2.47. The molecular formula is C22H23N3O5S3. The number of imide groups is 1. The van der Waals surface area contributed by atoms with Crippen LogP contribution in [0.4, 0.5) is 4.79 Å². The fourth-order valence-corrected chi connectivity index (χ4v) is 6.78. The van der Waals surface area contributed by atoms with Crippen LogP contribution in [0.25, 0.3) is 6.08 Å². The summed E-state index contributed by atoms with van der Waals surface area (Å²) in [5.74, 6) is -0.853. The minimum atomic E-state index is -3.65. The summed E-state index contributed by atoms with van der Waals surface area (Å²) in [6, 6.07) is 9.65. The molecule has 0 aliphatic carbocycles. The Morgan fingerprint density at radius 3 is 2.61 bits per heavy atom. The number of benzene rings is 1. The third-order valence-corrected chi connectivity index (χ3v) is 8.98. The van der Waals surface area contributed by atoms with Crippen molar-refractivity contribution in [2.24, 2.45) is 0 Å². The van der Waals surface area contributed by atoms with Crippen molar-refractivity contribution in [1.29, 1.82) is 0 Å². The van der Waals surface area contributed by atoms with E-state index in [1.54, 1.807) is 6.08 Å². The average Bonchev–Trinajstić information content (AvgIpc) is 3.43. The molecule has 8 nitrogen and oxygen atoms in total. The van der Waals surface area contributed by atoms with E-state index in [2.05, 4.69) is 5.32 Å². The van der Waals surface area contributed by atoms with Crippen LogP contribution >= 0.6 is 23.1 Å². The van der Waals surface area contributed by atoms with Crippen molar-refractivity contribution in [3.63, 3.8) is 0 Å². The van der Waals surface area contributed by atoms with Crippen LogP contribution in [0.1, 0.15) is 34.5 Å². The predicted octanol–water partition coefficient (Wildman–Crippen LogP) is 3.39. The number of amides is 3. The largest absolute Gasteiger partial charge is 0.350 e. The van der Waals surface area contributed by atoms with Gasteiger partial charge in [0.2, 0.25) is 10.0 Å². The number of thiophene rings is 1. The Kier molecular flexibility index (Phi) is 7.32. The van der Waals surface area contributed by atoms with Crippen molar-refractivity contribution in [2.75, 3.05) is 26.2 Å². The van der Waals surface area contributed by atoms with Gasteiger partial charge in [0, 0.05) is 36.6 Å². The number of nitrogens with zero attached hydrogens (tertiary/aromatic N) is 2. The molecular weight excluding hydrogens is 482 g/mol. The van der Waals surface area contributed by atoms with Crippen LogP contribution in [0.3, 0.4) is 0 Å². The molecule has 2 saturated heterocycles. The molecule has 0 unspecified atom stereocenters. The van der Waals surface area contributed by atoms with E-state index in [9.17, 15) is 22.8 Å². The van der Waals surface area contributed by atoms with Crippen molar-refractivity contribution < 1.29 is 22.8 Å². The van der Waals surface area contributed by atoms with Gasteiger partial charge in [-0.2, -0.15) is 4.31 Å². The van der Waals surface area contributed by atoms with E-state index in [1.165, 1.54) is 39.9 Å². The molecule has 11 heteroatoms. The Morgan fingerprint density at radius 1 is 1.09 bits per heavy atom. The first-order valence-electron chi connectivity index (χ1n) is 10.5. The Balaban J connectivity index is 1.36. The lowest BCUT2D eigenvalue weighted by Crippen LogP contribution is -2.37. The van der Waals surface area contributed by atoms with Gasteiger partial charge < -0.3 is 5.32 Å². The van der Waals surface area contributed by atoms with Crippen molar-refractivity contribution >= 4 is 56.3 Å². The summed E-state index contributed by atoms with van der Waals surface area (Å²) in [7, 11) is -3.65. The third-order valence-electron chi connectivity index (χ3n) is 5.36. The Labute approximate surface area is 200 Å². The molecule has 0 bridgehead atoms. The second kappa shape index (κ2) is 10.2. The van der Waals surface area contributed by atoms with Crippen LogP contribution in [-0.2, 0) is 14.8 Å². The van der Waals surface area contributed by atoms with E-state index in [-0.39, 0.29) is 34.7 Å². The van der Waals surface area contributed by atoms with Crippen LogP contribution < -0.4 is 5.32 Å². The molecule has 0 atom stereocenters. The summed E-state index contributed by atoms with van der Waals surface area (Å²) in [4.78, 5) is 39.8. The molecule has 3 heterocycles. The van der Waals surface area contributed by atoms with Crippen molar-refractivity contribution in [1.82, 2.24) is 14.5 Å². The normalized spacial score (nSPS) is 18.8. The lowest BCUT2D eigenvalue weighted by molar-refractivity contribution is -0.122. The van der Waals surface area contributed by atoms with E-state index in [0.717, 1.165) is 40.8 Å². The van der Waals surface area contributed by atoms with Crippen LogP contribution in [0, 0.1) is 0 Å². The van der Waals surface area contributed by atoms with Crippen molar-refractivity contribution in [3.05, 3.63) is 57.1 Å². The number of carbonyl (C=O) groups excluding carboxylic acids is 3. The maximum absolute atomic E-state index is 12.9. The Bertz CT molecular complexity index is 1190. The second-order valence-electron chi connectivity index (χ2n) is 7.60. The average molecular weight is 506 g/mol. The van der Waals surface area contributed by atoms with Gasteiger partial charge in [0.1, 0.15) is 0 Å². The SMILES string of the molecule is O=C(NCCN1C(=O)SC(=Cc2cccs2)C1=O)c1cccc(S(=O)(=O)N2CCCCC2)c1. The number of hydrogen-bond acceptors (Lipinski definition) is 7. The van der Waals surface area contributed by atoms with E-state index < -0.39 is 15.9 Å². The highest BCUT2D eigenvalue weighted by Gasteiger charge is 2.34. The molecule has 0 saturated carbocycles. The summed E-state index contributed by atoms with van der Waals surface area (Å²) in [6.07, 6.45) is 4.36. The van der Waals surface area contributed by atoms with Gasteiger partial charge in [-0.1, -0.05) is 18.6 Å². The van der Waals surface area contributed by atoms with E-state index in [4.69, 9.17) is 0 Å². The zero-order valence-corrected chi connectivity index (χ0v) is 20.2.